The van der Waals surface area contributed by atoms with Crippen LogP contribution in [0.1, 0.15) is 36.7 Å². The van der Waals surface area contributed by atoms with Crippen molar-refractivity contribution in [3.63, 3.8) is 0 Å². The lowest BCUT2D eigenvalue weighted by Gasteiger charge is -2.03. The normalized spacial score (nSPS) is 10.4. The fourth-order valence-corrected chi connectivity index (χ4v) is 2.39. The number of anilines is 2. The molecule has 1 N–H and O–H groups in total. The second-order valence-electron chi connectivity index (χ2n) is 4.35. The summed E-state index contributed by atoms with van der Waals surface area (Å²) in [5.41, 5.74) is 2.48. The Morgan fingerprint density at radius 3 is 2.72 bits per heavy atom. The van der Waals surface area contributed by atoms with Gasteiger partial charge in [0.1, 0.15) is 5.82 Å². The number of nitrogens with one attached hydrogen (secondary N) is 1. The molecule has 0 aliphatic heterocycles. The Morgan fingerprint density at radius 2 is 2.11 bits per heavy atom. The van der Waals surface area contributed by atoms with E-state index in [-0.39, 0.29) is 0 Å². The van der Waals surface area contributed by atoms with Crippen molar-refractivity contribution in [2.24, 2.45) is 0 Å². The zero-order valence-corrected chi connectivity index (χ0v) is 11.4. The predicted molar refractivity (Wildman–Crippen MR) is 73.2 cm³/mol. The summed E-state index contributed by atoms with van der Waals surface area (Å²) < 4.78 is 0. The number of thiazole rings is 1. The van der Waals surface area contributed by atoms with Crippen LogP contribution in [0.4, 0.5) is 10.9 Å². The van der Waals surface area contributed by atoms with Crippen LogP contribution in [0.2, 0.25) is 0 Å². The van der Waals surface area contributed by atoms with Crippen molar-refractivity contribution >= 4 is 22.3 Å². The summed E-state index contributed by atoms with van der Waals surface area (Å²) >= 11 is 1.55. The minimum Gasteiger partial charge on any atom is -0.316 e. The van der Waals surface area contributed by atoms with E-state index in [4.69, 9.17) is 5.26 Å². The summed E-state index contributed by atoms with van der Waals surface area (Å²) in [6.45, 7) is 6.09. The third-order valence-electron chi connectivity index (χ3n) is 2.43. The molecule has 0 amide bonds. The second kappa shape index (κ2) is 5.15. The standard InChI is InChI=1S/C13H14N4S/c1-8(2)11-7-18-13(16-11)17-12-5-10(6-14)4-9(3)15-12/h4-5,7-8H,1-3H3,(H,15,16,17). The Morgan fingerprint density at radius 1 is 1.33 bits per heavy atom. The summed E-state index contributed by atoms with van der Waals surface area (Å²) in [5, 5.41) is 14.9. The molecule has 5 heteroatoms. The highest BCUT2D eigenvalue weighted by Gasteiger charge is 2.07. The number of pyridine rings is 1. The van der Waals surface area contributed by atoms with Gasteiger partial charge in [-0.15, -0.1) is 11.3 Å². The van der Waals surface area contributed by atoms with Crippen LogP contribution in [-0.2, 0) is 0 Å². The first-order valence-corrected chi connectivity index (χ1v) is 6.57. The highest BCUT2D eigenvalue weighted by molar-refractivity contribution is 7.13. The first-order chi connectivity index (χ1) is 8.58. The molecule has 2 rings (SSSR count). The number of rotatable bonds is 3. The predicted octanol–water partition coefficient (Wildman–Crippen LogP) is 3.59. The summed E-state index contributed by atoms with van der Waals surface area (Å²) in [4.78, 5) is 8.81. The van der Waals surface area contributed by atoms with Gasteiger partial charge >= 0.3 is 0 Å². The molecule has 0 bridgehead atoms. The molecule has 4 nitrogen and oxygen atoms in total. The zero-order valence-electron chi connectivity index (χ0n) is 10.6. The quantitative estimate of drug-likeness (QED) is 0.914. The molecule has 0 aliphatic carbocycles. The van der Waals surface area contributed by atoms with E-state index in [1.807, 2.05) is 12.3 Å². The lowest BCUT2D eigenvalue weighted by atomic mass is 10.2. The average Bonchev–Trinajstić information content (AvgIpc) is 2.76. The average molecular weight is 258 g/mol. The summed E-state index contributed by atoms with van der Waals surface area (Å²) in [6, 6.07) is 5.60. The minimum absolute atomic E-state index is 0.414. The maximum atomic E-state index is 8.91. The van der Waals surface area contributed by atoms with Gasteiger partial charge in [0.25, 0.3) is 0 Å². The molecule has 0 fully saturated rings. The van der Waals surface area contributed by atoms with E-state index in [2.05, 4.69) is 35.2 Å². The van der Waals surface area contributed by atoms with Crippen LogP contribution < -0.4 is 5.32 Å². The van der Waals surface area contributed by atoms with Gasteiger partial charge in [0, 0.05) is 11.1 Å². The van der Waals surface area contributed by atoms with Crippen molar-refractivity contribution in [1.29, 1.82) is 5.26 Å². The van der Waals surface area contributed by atoms with E-state index in [1.54, 1.807) is 23.5 Å². The molecule has 92 valence electrons. The molecule has 0 radical (unpaired) electrons. The highest BCUT2D eigenvalue weighted by Crippen LogP contribution is 2.24. The number of hydrogen-bond acceptors (Lipinski definition) is 5. The van der Waals surface area contributed by atoms with Gasteiger partial charge in [-0.05, 0) is 25.0 Å². The number of nitrogens with zero attached hydrogens (tertiary/aromatic N) is 3. The molecule has 0 saturated carbocycles. The van der Waals surface area contributed by atoms with Gasteiger partial charge in [0.15, 0.2) is 5.13 Å². The third-order valence-corrected chi connectivity index (χ3v) is 3.21. The smallest absolute Gasteiger partial charge is 0.188 e. The fourth-order valence-electron chi connectivity index (χ4n) is 1.52. The second-order valence-corrected chi connectivity index (χ2v) is 5.21. The van der Waals surface area contributed by atoms with Crippen LogP contribution in [-0.4, -0.2) is 9.97 Å². The monoisotopic (exact) mass is 258 g/mol. The third kappa shape index (κ3) is 2.84. The lowest BCUT2D eigenvalue weighted by Crippen LogP contribution is -1.96. The minimum atomic E-state index is 0.414. The Labute approximate surface area is 110 Å². The number of aryl methyl sites for hydroxylation is 1. The van der Waals surface area contributed by atoms with Crippen molar-refractivity contribution < 1.29 is 0 Å². The van der Waals surface area contributed by atoms with E-state index in [1.165, 1.54) is 0 Å². The van der Waals surface area contributed by atoms with Crippen molar-refractivity contribution in [3.05, 3.63) is 34.5 Å². The van der Waals surface area contributed by atoms with Crippen LogP contribution in [0.5, 0.6) is 0 Å². The lowest BCUT2D eigenvalue weighted by molar-refractivity contribution is 0.834. The van der Waals surface area contributed by atoms with E-state index in [0.29, 0.717) is 17.3 Å². The van der Waals surface area contributed by atoms with E-state index in [9.17, 15) is 0 Å². The molecular formula is C13H14N4S. The Bertz CT molecular complexity index is 595. The molecule has 2 aromatic rings. The molecular weight excluding hydrogens is 244 g/mol. The van der Waals surface area contributed by atoms with E-state index < -0.39 is 0 Å². The molecule has 0 saturated heterocycles. The van der Waals surface area contributed by atoms with Crippen LogP contribution in [0, 0.1) is 18.3 Å². The molecule has 0 aromatic carbocycles. The molecule has 0 atom stereocenters. The maximum absolute atomic E-state index is 8.91. The molecule has 0 spiro atoms. The molecule has 2 aromatic heterocycles. The largest absolute Gasteiger partial charge is 0.316 e. The topological polar surface area (TPSA) is 61.6 Å². The first kappa shape index (κ1) is 12.5. The highest BCUT2D eigenvalue weighted by atomic mass is 32.1. The summed E-state index contributed by atoms with van der Waals surface area (Å²) in [6.07, 6.45) is 0. The van der Waals surface area contributed by atoms with Gasteiger partial charge in [0.05, 0.1) is 17.3 Å². The number of nitriles is 1. The Balaban J connectivity index is 2.23. The SMILES string of the molecule is Cc1cc(C#N)cc(Nc2nc(C(C)C)cs2)n1. The number of aromatic nitrogens is 2. The Kier molecular flexibility index (Phi) is 3.58. The molecule has 0 unspecified atom stereocenters. The van der Waals surface area contributed by atoms with Crippen molar-refractivity contribution in [3.8, 4) is 6.07 Å². The molecule has 2 heterocycles. The van der Waals surface area contributed by atoms with Crippen LogP contribution >= 0.6 is 11.3 Å². The van der Waals surface area contributed by atoms with Gasteiger partial charge < -0.3 is 5.32 Å². The number of hydrogen-bond donors (Lipinski definition) is 1. The Hall–Kier alpha value is -1.93. The van der Waals surface area contributed by atoms with E-state index in [0.717, 1.165) is 16.5 Å². The van der Waals surface area contributed by atoms with Gasteiger partial charge in [-0.25, -0.2) is 9.97 Å². The molecule has 18 heavy (non-hydrogen) atoms. The maximum Gasteiger partial charge on any atom is 0.188 e. The van der Waals surface area contributed by atoms with Crippen LogP contribution in [0.15, 0.2) is 17.5 Å². The van der Waals surface area contributed by atoms with E-state index >= 15 is 0 Å². The summed E-state index contributed by atoms with van der Waals surface area (Å²) in [5.74, 6) is 1.08. The van der Waals surface area contributed by atoms with Gasteiger partial charge in [-0.1, -0.05) is 13.8 Å². The van der Waals surface area contributed by atoms with Crippen LogP contribution in [0.3, 0.4) is 0 Å². The first-order valence-electron chi connectivity index (χ1n) is 5.69. The van der Waals surface area contributed by atoms with Gasteiger partial charge in [-0.2, -0.15) is 5.26 Å². The van der Waals surface area contributed by atoms with Crippen molar-refractivity contribution in [1.82, 2.24) is 9.97 Å². The molecule has 0 aliphatic rings. The fraction of sp³-hybridized carbons (Fsp3) is 0.308. The zero-order chi connectivity index (χ0) is 13.1. The van der Waals surface area contributed by atoms with Crippen LogP contribution in [0.25, 0.3) is 0 Å². The van der Waals surface area contributed by atoms with Gasteiger partial charge in [0.2, 0.25) is 0 Å². The van der Waals surface area contributed by atoms with Crippen molar-refractivity contribution in [2.75, 3.05) is 5.32 Å². The van der Waals surface area contributed by atoms with Gasteiger partial charge in [-0.3, -0.25) is 0 Å². The van der Waals surface area contributed by atoms with Crippen molar-refractivity contribution in [2.45, 2.75) is 26.7 Å². The summed E-state index contributed by atoms with van der Waals surface area (Å²) in [7, 11) is 0.